The van der Waals surface area contributed by atoms with Crippen molar-refractivity contribution in [3.63, 3.8) is 0 Å². The van der Waals surface area contributed by atoms with Crippen LogP contribution in [0.1, 0.15) is 5.56 Å². The van der Waals surface area contributed by atoms with Gasteiger partial charge in [0.05, 0.1) is 19.9 Å². The van der Waals surface area contributed by atoms with Gasteiger partial charge >= 0.3 is 0 Å². The Kier molecular flexibility index (Phi) is 5.43. The predicted octanol–water partition coefficient (Wildman–Crippen LogP) is 4.94. The minimum absolute atomic E-state index is 0.630. The molecule has 0 radical (unpaired) electrons. The van der Waals surface area contributed by atoms with Gasteiger partial charge in [-0.3, -0.25) is 0 Å². The molecule has 134 valence electrons. The van der Waals surface area contributed by atoms with Crippen LogP contribution in [0.25, 0.3) is 0 Å². The Balaban J connectivity index is 1.83. The Hall–Kier alpha value is -2.99. The SMILES string of the molecule is COc1ccc(Nc2cc(Nc3cc(Cl)ccc3C)ncn2)c(OC)c1. The number of aromatic nitrogens is 2. The second-order valence-corrected chi connectivity index (χ2v) is 6.00. The zero-order valence-electron chi connectivity index (χ0n) is 14.7. The molecule has 0 saturated carbocycles. The maximum atomic E-state index is 6.07. The maximum absolute atomic E-state index is 6.07. The quantitative estimate of drug-likeness (QED) is 0.640. The van der Waals surface area contributed by atoms with Gasteiger partial charge in [0.15, 0.2) is 0 Å². The van der Waals surface area contributed by atoms with E-state index in [4.69, 9.17) is 21.1 Å². The fourth-order valence-corrected chi connectivity index (χ4v) is 2.57. The van der Waals surface area contributed by atoms with Gasteiger partial charge in [-0.05, 0) is 36.8 Å². The zero-order chi connectivity index (χ0) is 18.5. The van der Waals surface area contributed by atoms with Crippen LogP contribution in [0.5, 0.6) is 11.5 Å². The van der Waals surface area contributed by atoms with Gasteiger partial charge in [0.2, 0.25) is 0 Å². The van der Waals surface area contributed by atoms with Gasteiger partial charge < -0.3 is 20.1 Å². The van der Waals surface area contributed by atoms with Crippen LogP contribution in [0.2, 0.25) is 5.02 Å². The topological polar surface area (TPSA) is 68.3 Å². The van der Waals surface area contributed by atoms with Gasteiger partial charge in [-0.1, -0.05) is 17.7 Å². The van der Waals surface area contributed by atoms with Crippen molar-refractivity contribution in [3.05, 3.63) is 59.4 Å². The van der Waals surface area contributed by atoms with Crippen LogP contribution in [0.3, 0.4) is 0 Å². The molecule has 0 aliphatic heterocycles. The molecule has 26 heavy (non-hydrogen) atoms. The molecule has 7 heteroatoms. The molecule has 2 N–H and O–H groups in total. The number of nitrogens with zero attached hydrogens (tertiary/aromatic N) is 2. The lowest BCUT2D eigenvalue weighted by molar-refractivity contribution is 0.395. The monoisotopic (exact) mass is 370 g/mol. The molecule has 0 atom stereocenters. The van der Waals surface area contributed by atoms with E-state index in [2.05, 4.69) is 20.6 Å². The lowest BCUT2D eigenvalue weighted by atomic mass is 10.2. The number of hydrogen-bond donors (Lipinski definition) is 2. The highest BCUT2D eigenvalue weighted by Crippen LogP contribution is 2.31. The molecular formula is C19H19ClN4O2. The van der Waals surface area contributed by atoms with Crippen LogP contribution < -0.4 is 20.1 Å². The molecule has 0 fully saturated rings. The average Bonchev–Trinajstić information content (AvgIpc) is 2.65. The van der Waals surface area contributed by atoms with Crippen LogP contribution >= 0.6 is 11.6 Å². The fraction of sp³-hybridized carbons (Fsp3) is 0.158. The van der Waals surface area contributed by atoms with Crippen LogP contribution in [-0.4, -0.2) is 24.2 Å². The molecule has 3 aromatic rings. The lowest BCUT2D eigenvalue weighted by Gasteiger charge is -2.13. The lowest BCUT2D eigenvalue weighted by Crippen LogP contribution is -2.01. The van der Waals surface area contributed by atoms with Crippen molar-refractivity contribution in [2.24, 2.45) is 0 Å². The Morgan fingerprint density at radius 1 is 0.846 bits per heavy atom. The first-order chi connectivity index (χ1) is 12.6. The van der Waals surface area contributed by atoms with Crippen LogP contribution in [-0.2, 0) is 0 Å². The first-order valence-electron chi connectivity index (χ1n) is 7.93. The normalized spacial score (nSPS) is 10.3. The van der Waals surface area contributed by atoms with E-state index in [0.29, 0.717) is 28.2 Å². The number of nitrogens with one attached hydrogen (secondary N) is 2. The van der Waals surface area contributed by atoms with E-state index in [1.807, 2.05) is 43.3 Å². The number of rotatable bonds is 6. The van der Waals surface area contributed by atoms with E-state index in [1.165, 1.54) is 6.33 Å². The van der Waals surface area contributed by atoms with Crippen LogP contribution in [0.15, 0.2) is 48.8 Å². The summed E-state index contributed by atoms with van der Waals surface area (Å²) in [6.07, 6.45) is 1.49. The van der Waals surface area contributed by atoms with Crippen LogP contribution in [0.4, 0.5) is 23.0 Å². The summed E-state index contributed by atoms with van der Waals surface area (Å²) in [4.78, 5) is 8.52. The van der Waals surface area contributed by atoms with Crippen molar-refractivity contribution in [2.45, 2.75) is 6.92 Å². The minimum Gasteiger partial charge on any atom is -0.497 e. The van der Waals surface area contributed by atoms with E-state index in [1.54, 1.807) is 20.3 Å². The van der Waals surface area contributed by atoms with Gasteiger partial charge in [-0.2, -0.15) is 0 Å². The van der Waals surface area contributed by atoms with Gasteiger partial charge in [0, 0.05) is 22.8 Å². The summed E-state index contributed by atoms with van der Waals surface area (Å²) in [6.45, 7) is 2.00. The summed E-state index contributed by atoms with van der Waals surface area (Å²) in [5.74, 6) is 2.66. The molecule has 3 rings (SSSR count). The summed E-state index contributed by atoms with van der Waals surface area (Å²) in [5, 5.41) is 7.15. The third kappa shape index (κ3) is 4.15. The molecule has 0 aliphatic carbocycles. The van der Waals surface area contributed by atoms with Crippen LogP contribution in [0, 0.1) is 6.92 Å². The first kappa shape index (κ1) is 17.8. The molecule has 0 aliphatic rings. The van der Waals surface area contributed by atoms with Crippen molar-refractivity contribution < 1.29 is 9.47 Å². The second kappa shape index (κ2) is 7.93. The van der Waals surface area contributed by atoms with E-state index in [-0.39, 0.29) is 0 Å². The van der Waals surface area contributed by atoms with Gasteiger partial charge in [-0.25, -0.2) is 9.97 Å². The highest BCUT2D eigenvalue weighted by molar-refractivity contribution is 6.30. The smallest absolute Gasteiger partial charge is 0.146 e. The Bertz CT molecular complexity index is 918. The number of aryl methyl sites for hydroxylation is 1. The number of hydrogen-bond acceptors (Lipinski definition) is 6. The number of ether oxygens (including phenoxy) is 2. The molecule has 6 nitrogen and oxygen atoms in total. The van der Waals surface area contributed by atoms with Crippen molar-refractivity contribution in [1.29, 1.82) is 0 Å². The summed E-state index contributed by atoms with van der Waals surface area (Å²) < 4.78 is 10.6. The number of methoxy groups -OCH3 is 2. The second-order valence-electron chi connectivity index (χ2n) is 5.56. The molecule has 0 saturated heterocycles. The Morgan fingerprint density at radius 2 is 1.58 bits per heavy atom. The standard InChI is InChI=1S/C19H19ClN4O2/c1-12-4-5-13(20)8-16(12)24-19-10-18(21-11-22-19)23-15-7-6-14(25-2)9-17(15)26-3/h4-11H,1-3H3,(H2,21,22,23,24). The van der Waals surface area contributed by atoms with Gasteiger partial charge in [-0.15, -0.1) is 0 Å². The summed E-state index contributed by atoms with van der Waals surface area (Å²) in [7, 11) is 3.22. The van der Waals surface area contributed by atoms with Gasteiger partial charge in [0.25, 0.3) is 0 Å². The van der Waals surface area contributed by atoms with E-state index < -0.39 is 0 Å². The van der Waals surface area contributed by atoms with E-state index >= 15 is 0 Å². The average molecular weight is 371 g/mol. The molecular weight excluding hydrogens is 352 g/mol. The number of benzene rings is 2. The summed E-state index contributed by atoms with van der Waals surface area (Å²) >= 11 is 6.07. The largest absolute Gasteiger partial charge is 0.497 e. The van der Waals surface area contributed by atoms with E-state index in [0.717, 1.165) is 16.9 Å². The predicted molar refractivity (Wildman–Crippen MR) is 104 cm³/mol. The van der Waals surface area contributed by atoms with Crippen molar-refractivity contribution in [1.82, 2.24) is 9.97 Å². The highest BCUT2D eigenvalue weighted by Gasteiger charge is 2.08. The third-order valence-electron chi connectivity index (χ3n) is 3.80. The molecule has 1 heterocycles. The third-order valence-corrected chi connectivity index (χ3v) is 4.04. The molecule has 0 unspecified atom stereocenters. The van der Waals surface area contributed by atoms with Crippen molar-refractivity contribution in [2.75, 3.05) is 24.9 Å². The summed E-state index contributed by atoms with van der Waals surface area (Å²) in [5.41, 5.74) is 2.74. The first-order valence-corrected chi connectivity index (χ1v) is 8.31. The minimum atomic E-state index is 0.630. The Labute approximate surface area is 157 Å². The van der Waals surface area contributed by atoms with Crippen molar-refractivity contribution in [3.8, 4) is 11.5 Å². The molecule has 0 spiro atoms. The maximum Gasteiger partial charge on any atom is 0.146 e. The van der Waals surface area contributed by atoms with Gasteiger partial charge in [0.1, 0.15) is 29.5 Å². The zero-order valence-corrected chi connectivity index (χ0v) is 15.5. The summed E-state index contributed by atoms with van der Waals surface area (Å²) in [6, 6.07) is 13.0. The number of halogens is 1. The Morgan fingerprint density at radius 3 is 2.27 bits per heavy atom. The molecule has 2 aromatic carbocycles. The molecule has 0 bridgehead atoms. The molecule has 1 aromatic heterocycles. The number of anilines is 4. The highest BCUT2D eigenvalue weighted by atomic mass is 35.5. The fourth-order valence-electron chi connectivity index (χ4n) is 2.40. The van der Waals surface area contributed by atoms with Crippen molar-refractivity contribution >= 4 is 34.6 Å². The molecule has 0 amide bonds. The van der Waals surface area contributed by atoms with E-state index in [9.17, 15) is 0 Å².